The highest BCUT2D eigenvalue weighted by Crippen LogP contribution is 2.23. The number of sulfonamides is 1. The standard InChI is InChI=1S/C14H22ClNO3S/c1-10(2)8-14(4,17)9-16-20(18,19)13-7-5-6-12(15)11(13)3/h5-7,10,16-17H,8-9H2,1-4H3. The van der Waals surface area contributed by atoms with Crippen LogP contribution in [0.3, 0.4) is 0 Å². The van der Waals surface area contributed by atoms with E-state index < -0.39 is 15.6 Å². The lowest BCUT2D eigenvalue weighted by atomic mass is 9.95. The molecule has 1 unspecified atom stereocenters. The Morgan fingerprint density at radius 3 is 2.55 bits per heavy atom. The molecule has 0 aliphatic rings. The van der Waals surface area contributed by atoms with Crippen molar-refractivity contribution < 1.29 is 13.5 Å². The summed E-state index contributed by atoms with van der Waals surface area (Å²) in [6.07, 6.45) is 0.518. The lowest BCUT2D eigenvalue weighted by Crippen LogP contribution is -2.41. The van der Waals surface area contributed by atoms with Gasteiger partial charge in [0.15, 0.2) is 0 Å². The Kier molecular flexibility index (Phi) is 5.61. The molecule has 0 aromatic heterocycles. The molecule has 0 aliphatic carbocycles. The predicted molar refractivity (Wildman–Crippen MR) is 81.5 cm³/mol. The van der Waals surface area contributed by atoms with Crippen LogP contribution in [0.2, 0.25) is 5.02 Å². The Hall–Kier alpha value is -0.620. The van der Waals surface area contributed by atoms with Crippen molar-refractivity contribution in [2.24, 2.45) is 5.92 Å². The maximum absolute atomic E-state index is 12.3. The minimum absolute atomic E-state index is 0.0283. The van der Waals surface area contributed by atoms with Crippen LogP contribution in [-0.4, -0.2) is 25.7 Å². The molecule has 1 atom stereocenters. The molecule has 1 aromatic carbocycles. The van der Waals surface area contributed by atoms with Crippen molar-refractivity contribution >= 4 is 21.6 Å². The molecule has 0 amide bonds. The first-order chi connectivity index (χ1) is 9.05. The summed E-state index contributed by atoms with van der Waals surface area (Å²) in [6, 6.07) is 4.74. The zero-order valence-corrected chi connectivity index (χ0v) is 13.8. The topological polar surface area (TPSA) is 66.4 Å². The number of hydrogen-bond donors (Lipinski definition) is 2. The first-order valence-electron chi connectivity index (χ1n) is 6.52. The maximum Gasteiger partial charge on any atom is 0.240 e. The fourth-order valence-electron chi connectivity index (χ4n) is 2.16. The third-order valence-electron chi connectivity index (χ3n) is 3.00. The van der Waals surface area contributed by atoms with E-state index in [0.717, 1.165) is 0 Å². The molecule has 4 nitrogen and oxygen atoms in total. The second-order valence-corrected chi connectivity index (χ2v) is 7.93. The third-order valence-corrected chi connectivity index (χ3v) is 4.95. The average molecular weight is 320 g/mol. The summed E-state index contributed by atoms with van der Waals surface area (Å²) in [5.74, 6) is 0.280. The van der Waals surface area contributed by atoms with Gasteiger partial charge in [0.2, 0.25) is 10.0 Å². The van der Waals surface area contributed by atoms with Crippen molar-refractivity contribution in [1.82, 2.24) is 4.72 Å². The molecule has 1 rings (SSSR count). The van der Waals surface area contributed by atoms with E-state index in [2.05, 4.69) is 4.72 Å². The molecule has 114 valence electrons. The van der Waals surface area contributed by atoms with E-state index in [1.807, 2.05) is 13.8 Å². The smallest absolute Gasteiger partial charge is 0.240 e. The van der Waals surface area contributed by atoms with E-state index in [4.69, 9.17) is 11.6 Å². The Morgan fingerprint density at radius 1 is 1.40 bits per heavy atom. The predicted octanol–water partition coefficient (Wildman–Crippen LogP) is 2.72. The van der Waals surface area contributed by atoms with Gasteiger partial charge in [-0.25, -0.2) is 13.1 Å². The molecular weight excluding hydrogens is 298 g/mol. The average Bonchev–Trinajstić information content (AvgIpc) is 2.29. The quantitative estimate of drug-likeness (QED) is 0.847. The summed E-state index contributed by atoms with van der Waals surface area (Å²) >= 11 is 5.94. The molecule has 0 spiro atoms. The van der Waals surface area contributed by atoms with Gasteiger partial charge < -0.3 is 5.11 Å². The van der Waals surface area contributed by atoms with Gasteiger partial charge in [0.05, 0.1) is 10.5 Å². The largest absolute Gasteiger partial charge is 0.389 e. The number of benzene rings is 1. The molecule has 20 heavy (non-hydrogen) atoms. The van der Waals surface area contributed by atoms with Gasteiger partial charge >= 0.3 is 0 Å². The van der Waals surface area contributed by atoms with Crippen LogP contribution in [0.5, 0.6) is 0 Å². The van der Waals surface area contributed by atoms with Crippen LogP contribution in [0.4, 0.5) is 0 Å². The van der Waals surface area contributed by atoms with Crippen molar-refractivity contribution in [3.05, 3.63) is 28.8 Å². The fourth-order valence-corrected chi connectivity index (χ4v) is 3.82. The molecule has 0 bridgehead atoms. The van der Waals surface area contributed by atoms with Crippen LogP contribution >= 0.6 is 11.6 Å². The fraction of sp³-hybridized carbons (Fsp3) is 0.571. The summed E-state index contributed by atoms with van der Waals surface area (Å²) in [5, 5.41) is 10.6. The van der Waals surface area contributed by atoms with E-state index in [9.17, 15) is 13.5 Å². The van der Waals surface area contributed by atoms with Crippen molar-refractivity contribution in [3.8, 4) is 0 Å². The van der Waals surface area contributed by atoms with Crippen LogP contribution in [0.15, 0.2) is 23.1 Å². The zero-order chi connectivity index (χ0) is 15.6. The van der Waals surface area contributed by atoms with Crippen LogP contribution in [0.1, 0.15) is 32.8 Å². The van der Waals surface area contributed by atoms with Crippen molar-refractivity contribution in [2.45, 2.75) is 44.6 Å². The molecule has 0 saturated heterocycles. The highest BCUT2D eigenvalue weighted by molar-refractivity contribution is 7.89. The van der Waals surface area contributed by atoms with Gasteiger partial charge in [-0.1, -0.05) is 31.5 Å². The maximum atomic E-state index is 12.3. The van der Waals surface area contributed by atoms with Gasteiger partial charge in [-0.3, -0.25) is 0 Å². The first-order valence-corrected chi connectivity index (χ1v) is 8.38. The number of rotatable bonds is 6. The normalized spacial score (nSPS) is 15.3. The summed E-state index contributed by atoms with van der Waals surface area (Å²) in [4.78, 5) is 0.144. The monoisotopic (exact) mass is 319 g/mol. The Balaban J connectivity index is 2.89. The third kappa shape index (κ3) is 4.74. The molecule has 2 N–H and O–H groups in total. The lowest BCUT2D eigenvalue weighted by Gasteiger charge is -2.25. The van der Waals surface area contributed by atoms with E-state index in [1.54, 1.807) is 26.0 Å². The second-order valence-electron chi connectivity index (χ2n) is 5.78. The molecule has 0 radical (unpaired) electrons. The van der Waals surface area contributed by atoms with E-state index >= 15 is 0 Å². The second kappa shape index (κ2) is 6.43. The zero-order valence-electron chi connectivity index (χ0n) is 12.3. The van der Waals surface area contributed by atoms with E-state index in [0.29, 0.717) is 17.0 Å². The van der Waals surface area contributed by atoms with Crippen LogP contribution in [0.25, 0.3) is 0 Å². The number of halogens is 1. The minimum atomic E-state index is -3.68. The SMILES string of the molecule is Cc1c(Cl)cccc1S(=O)(=O)NCC(C)(O)CC(C)C. The summed E-state index contributed by atoms with van der Waals surface area (Å²) in [7, 11) is -3.68. The highest BCUT2D eigenvalue weighted by atomic mass is 35.5. The van der Waals surface area contributed by atoms with Crippen LogP contribution < -0.4 is 4.72 Å². The number of aliphatic hydroxyl groups is 1. The molecule has 0 saturated carbocycles. The molecule has 0 aliphatic heterocycles. The van der Waals surface area contributed by atoms with Gasteiger partial charge in [-0.15, -0.1) is 0 Å². The molecule has 0 heterocycles. The molecule has 0 fully saturated rings. The number of nitrogens with one attached hydrogen (secondary N) is 1. The van der Waals surface area contributed by atoms with Gasteiger partial charge in [0, 0.05) is 11.6 Å². The number of hydrogen-bond acceptors (Lipinski definition) is 3. The molecule has 6 heteroatoms. The Bertz CT molecular complexity index is 568. The van der Waals surface area contributed by atoms with Crippen molar-refractivity contribution in [3.63, 3.8) is 0 Å². The lowest BCUT2D eigenvalue weighted by molar-refractivity contribution is 0.0436. The van der Waals surface area contributed by atoms with E-state index in [-0.39, 0.29) is 17.4 Å². The summed E-state index contributed by atoms with van der Waals surface area (Å²) in [6.45, 7) is 7.21. The van der Waals surface area contributed by atoms with Crippen LogP contribution in [0, 0.1) is 12.8 Å². The summed E-state index contributed by atoms with van der Waals surface area (Å²) in [5.41, 5.74) is -0.571. The van der Waals surface area contributed by atoms with Gasteiger partial charge in [0.1, 0.15) is 0 Å². The van der Waals surface area contributed by atoms with Crippen molar-refractivity contribution in [2.75, 3.05) is 6.54 Å². The van der Waals surface area contributed by atoms with Gasteiger partial charge in [-0.2, -0.15) is 0 Å². The highest BCUT2D eigenvalue weighted by Gasteiger charge is 2.26. The van der Waals surface area contributed by atoms with Crippen LogP contribution in [-0.2, 0) is 10.0 Å². The molecule has 1 aromatic rings. The Labute approximate surface area is 126 Å². The first kappa shape index (κ1) is 17.4. The summed E-state index contributed by atoms with van der Waals surface area (Å²) < 4.78 is 27.0. The van der Waals surface area contributed by atoms with Gasteiger partial charge in [0.25, 0.3) is 0 Å². The van der Waals surface area contributed by atoms with Crippen molar-refractivity contribution in [1.29, 1.82) is 0 Å². The van der Waals surface area contributed by atoms with Gasteiger partial charge in [-0.05, 0) is 43.9 Å². The molecular formula is C14H22ClNO3S. The minimum Gasteiger partial charge on any atom is -0.389 e. The van der Waals surface area contributed by atoms with E-state index in [1.165, 1.54) is 6.07 Å². The Morgan fingerprint density at radius 2 is 2.00 bits per heavy atom.